The number of aromatic nitrogens is 4. The minimum Gasteiger partial charge on any atom is -0.359 e. The topological polar surface area (TPSA) is 99.7 Å². The Kier molecular flexibility index (Phi) is 5.02. The highest BCUT2D eigenvalue weighted by molar-refractivity contribution is 5.78. The van der Waals surface area contributed by atoms with E-state index in [1.54, 1.807) is 16.8 Å². The molecule has 2 bridgehead atoms. The second kappa shape index (κ2) is 7.88. The monoisotopic (exact) mass is 431 g/mol. The van der Waals surface area contributed by atoms with Crippen molar-refractivity contribution in [1.82, 2.24) is 24.5 Å². The molecule has 5 rings (SSSR count). The Morgan fingerprint density at radius 3 is 2.66 bits per heavy atom. The number of fused-ring (bicyclic) bond motifs is 3. The summed E-state index contributed by atoms with van der Waals surface area (Å²) in [7, 11) is 0. The lowest BCUT2D eigenvalue weighted by Gasteiger charge is -2.42. The SMILES string of the molecule is CC(C)(OCC(=O)N1CC2CC[C@@H](C1)N2c1ccc(C#N)cn1)c1cccc2ncnn12. The van der Waals surface area contributed by atoms with Gasteiger partial charge in [-0.1, -0.05) is 6.07 Å². The lowest BCUT2D eigenvalue weighted by molar-refractivity contribution is -0.143. The largest absolute Gasteiger partial charge is 0.359 e. The summed E-state index contributed by atoms with van der Waals surface area (Å²) in [6, 6.07) is 12.0. The smallest absolute Gasteiger partial charge is 0.248 e. The van der Waals surface area contributed by atoms with Crippen LogP contribution in [0, 0.1) is 11.3 Å². The van der Waals surface area contributed by atoms with E-state index >= 15 is 0 Å². The van der Waals surface area contributed by atoms with E-state index in [0.717, 1.165) is 30.0 Å². The summed E-state index contributed by atoms with van der Waals surface area (Å²) in [6.07, 6.45) is 5.17. The Hall–Kier alpha value is -3.51. The third kappa shape index (κ3) is 3.56. The highest BCUT2D eigenvalue weighted by Gasteiger charge is 2.42. The Bertz CT molecular complexity index is 1170. The number of likely N-dealkylation sites (tertiary alicyclic amines) is 1. The normalized spacial score (nSPS) is 20.5. The zero-order chi connectivity index (χ0) is 22.3. The van der Waals surface area contributed by atoms with Gasteiger partial charge in [0.15, 0.2) is 5.65 Å². The molecule has 5 heterocycles. The van der Waals surface area contributed by atoms with Crippen LogP contribution in [0.2, 0.25) is 0 Å². The first kappa shape index (κ1) is 20.4. The number of carbonyl (C=O) groups is 1. The first-order valence-electron chi connectivity index (χ1n) is 10.8. The van der Waals surface area contributed by atoms with Crippen LogP contribution >= 0.6 is 0 Å². The van der Waals surface area contributed by atoms with E-state index in [-0.39, 0.29) is 24.6 Å². The maximum atomic E-state index is 13.0. The molecule has 9 nitrogen and oxygen atoms in total. The Morgan fingerprint density at radius 1 is 1.19 bits per heavy atom. The van der Waals surface area contributed by atoms with Crippen LogP contribution in [0.3, 0.4) is 0 Å². The summed E-state index contributed by atoms with van der Waals surface area (Å²) in [6.45, 7) is 5.19. The second-order valence-electron chi connectivity index (χ2n) is 8.85. The summed E-state index contributed by atoms with van der Waals surface area (Å²) < 4.78 is 7.84. The molecule has 0 N–H and O–H groups in total. The van der Waals surface area contributed by atoms with E-state index in [9.17, 15) is 4.79 Å². The van der Waals surface area contributed by atoms with Gasteiger partial charge in [0.1, 0.15) is 30.4 Å². The van der Waals surface area contributed by atoms with E-state index in [4.69, 9.17) is 10.00 Å². The van der Waals surface area contributed by atoms with Gasteiger partial charge in [-0.3, -0.25) is 4.79 Å². The van der Waals surface area contributed by atoms with Crippen molar-refractivity contribution >= 4 is 17.4 Å². The Morgan fingerprint density at radius 2 is 1.97 bits per heavy atom. The van der Waals surface area contributed by atoms with Crippen LogP contribution < -0.4 is 4.90 Å². The van der Waals surface area contributed by atoms with Crippen LogP contribution in [0.4, 0.5) is 5.82 Å². The molecule has 0 aliphatic carbocycles. The predicted molar refractivity (Wildman–Crippen MR) is 117 cm³/mol. The number of nitriles is 1. The quantitative estimate of drug-likeness (QED) is 0.610. The lowest BCUT2D eigenvalue weighted by atomic mass is 10.0. The number of rotatable bonds is 5. The molecule has 2 saturated heterocycles. The van der Waals surface area contributed by atoms with Gasteiger partial charge in [-0.05, 0) is 51.0 Å². The van der Waals surface area contributed by atoms with Crippen LogP contribution in [-0.4, -0.2) is 62.2 Å². The van der Waals surface area contributed by atoms with Crippen molar-refractivity contribution in [2.75, 3.05) is 24.6 Å². The summed E-state index contributed by atoms with van der Waals surface area (Å²) in [5, 5.41) is 13.3. The number of piperazine rings is 1. The van der Waals surface area contributed by atoms with Crippen molar-refractivity contribution in [3.63, 3.8) is 0 Å². The molecule has 1 unspecified atom stereocenters. The number of ether oxygens (including phenoxy) is 1. The Labute approximate surface area is 186 Å². The summed E-state index contributed by atoms with van der Waals surface area (Å²) in [5.41, 5.74) is 1.44. The van der Waals surface area contributed by atoms with Crippen molar-refractivity contribution in [3.05, 3.63) is 54.1 Å². The van der Waals surface area contributed by atoms with Crippen molar-refractivity contribution in [1.29, 1.82) is 5.26 Å². The number of carbonyl (C=O) groups excluding carboxylic acids is 1. The first-order chi connectivity index (χ1) is 15.5. The van der Waals surface area contributed by atoms with Gasteiger partial charge in [0.25, 0.3) is 0 Å². The molecule has 1 amide bonds. The standard InChI is InChI=1S/C23H25N7O2/c1-23(2,19-4-3-5-21-26-15-27-30(19)21)32-14-22(31)28-12-17-7-8-18(13-28)29(17)20-9-6-16(10-24)11-25-20/h3-6,9,11,15,17-18H,7-8,12-14H2,1-2H3/t17-,18?/m0/s1. The van der Waals surface area contributed by atoms with Gasteiger partial charge in [-0.25, -0.2) is 14.5 Å². The molecule has 9 heteroatoms. The maximum absolute atomic E-state index is 13.0. The number of amides is 1. The predicted octanol–water partition coefficient (Wildman–Crippen LogP) is 2.13. The molecule has 0 saturated carbocycles. The minimum atomic E-state index is -0.698. The van der Waals surface area contributed by atoms with Gasteiger partial charge in [0.2, 0.25) is 5.91 Å². The van der Waals surface area contributed by atoms with Gasteiger partial charge in [-0.15, -0.1) is 0 Å². The fourth-order valence-corrected chi connectivity index (χ4v) is 4.79. The average molecular weight is 432 g/mol. The zero-order valence-corrected chi connectivity index (χ0v) is 18.2. The van der Waals surface area contributed by atoms with E-state index in [0.29, 0.717) is 18.7 Å². The molecule has 2 aliphatic heterocycles. The highest BCUT2D eigenvalue weighted by Crippen LogP contribution is 2.34. The van der Waals surface area contributed by atoms with E-state index in [1.165, 1.54) is 6.33 Å². The van der Waals surface area contributed by atoms with Crippen LogP contribution in [0.15, 0.2) is 42.9 Å². The fourth-order valence-electron chi connectivity index (χ4n) is 4.79. The van der Waals surface area contributed by atoms with E-state index < -0.39 is 5.60 Å². The van der Waals surface area contributed by atoms with Crippen molar-refractivity contribution in [3.8, 4) is 6.07 Å². The fraction of sp³-hybridized carbons (Fsp3) is 0.435. The molecular weight excluding hydrogens is 406 g/mol. The first-order valence-corrected chi connectivity index (χ1v) is 10.8. The molecule has 32 heavy (non-hydrogen) atoms. The van der Waals surface area contributed by atoms with Crippen LogP contribution in [0.25, 0.3) is 5.65 Å². The van der Waals surface area contributed by atoms with Gasteiger partial charge >= 0.3 is 0 Å². The van der Waals surface area contributed by atoms with Gasteiger partial charge in [-0.2, -0.15) is 10.4 Å². The number of pyridine rings is 2. The second-order valence-corrected chi connectivity index (χ2v) is 8.85. The molecular formula is C23H25N7O2. The number of hydrogen-bond acceptors (Lipinski definition) is 7. The van der Waals surface area contributed by atoms with Crippen LogP contribution in [-0.2, 0) is 15.1 Å². The average Bonchev–Trinajstić information content (AvgIpc) is 3.39. The van der Waals surface area contributed by atoms with Gasteiger partial charge < -0.3 is 14.5 Å². The van der Waals surface area contributed by atoms with Gasteiger partial charge in [0, 0.05) is 31.4 Å². The molecule has 164 valence electrons. The number of nitrogens with zero attached hydrogens (tertiary/aromatic N) is 7. The number of anilines is 1. The summed E-state index contributed by atoms with van der Waals surface area (Å²) in [4.78, 5) is 25.9. The van der Waals surface area contributed by atoms with Crippen LogP contribution in [0.1, 0.15) is 37.9 Å². The molecule has 0 spiro atoms. The summed E-state index contributed by atoms with van der Waals surface area (Å²) >= 11 is 0. The van der Waals surface area contributed by atoms with Crippen molar-refractivity contribution in [2.24, 2.45) is 0 Å². The lowest BCUT2D eigenvalue weighted by Crippen LogP contribution is -2.56. The molecule has 3 aromatic rings. The molecule has 3 aromatic heterocycles. The third-order valence-electron chi connectivity index (χ3n) is 6.45. The van der Waals surface area contributed by atoms with Crippen molar-refractivity contribution in [2.45, 2.75) is 44.4 Å². The van der Waals surface area contributed by atoms with Gasteiger partial charge in [0.05, 0.1) is 11.3 Å². The zero-order valence-electron chi connectivity index (χ0n) is 18.2. The highest BCUT2D eigenvalue weighted by atomic mass is 16.5. The Balaban J connectivity index is 1.24. The van der Waals surface area contributed by atoms with E-state index in [2.05, 4.69) is 26.0 Å². The van der Waals surface area contributed by atoms with E-state index in [1.807, 2.05) is 43.0 Å². The third-order valence-corrected chi connectivity index (χ3v) is 6.45. The number of hydrogen-bond donors (Lipinski definition) is 0. The van der Waals surface area contributed by atoms with Crippen LogP contribution in [0.5, 0.6) is 0 Å². The molecule has 2 aliphatic rings. The summed E-state index contributed by atoms with van der Waals surface area (Å²) in [5.74, 6) is 0.870. The minimum absolute atomic E-state index is 0.00632. The van der Waals surface area contributed by atoms with Crippen molar-refractivity contribution < 1.29 is 9.53 Å². The molecule has 2 atom stereocenters. The maximum Gasteiger partial charge on any atom is 0.248 e. The molecule has 0 aromatic carbocycles. The molecule has 2 fully saturated rings. The molecule has 0 radical (unpaired) electrons.